The maximum Gasteiger partial charge on any atom is 0.338 e. The average Bonchev–Trinajstić information content (AvgIpc) is 3.29. The van der Waals surface area contributed by atoms with E-state index in [2.05, 4.69) is 0 Å². The number of esters is 1. The lowest BCUT2D eigenvalue weighted by Crippen LogP contribution is -2.34. The summed E-state index contributed by atoms with van der Waals surface area (Å²) in [5.41, 5.74) is 2.44. The number of hydrogen-bond acceptors (Lipinski definition) is 5. The number of nitrogens with zero attached hydrogens (tertiary/aromatic N) is 1. The SMILES string of the molecule is COC(=O)c1ccccc1C(=O)N(Cc1ccc2c(c1)OCO2)[C@@H](C)c1ccccc1. The first-order chi connectivity index (χ1) is 15.1. The summed E-state index contributed by atoms with van der Waals surface area (Å²) in [4.78, 5) is 27.7. The fourth-order valence-corrected chi connectivity index (χ4v) is 3.64. The van der Waals surface area contributed by atoms with E-state index in [1.165, 1.54) is 7.11 Å². The van der Waals surface area contributed by atoms with E-state index in [-0.39, 0.29) is 24.3 Å². The van der Waals surface area contributed by atoms with Gasteiger partial charge in [-0.15, -0.1) is 0 Å². The van der Waals surface area contributed by atoms with Gasteiger partial charge in [0.05, 0.1) is 24.3 Å². The van der Waals surface area contributed by atoms with Gasteiger partial charge in [-0.3, -0.25) is 4.79 Å². The minimum atomic E-state index is -0.542. The lowest BCUT2D eigenvalue weighted by molar-refractivity contribution is 0.0581. The molecule has 31 heavy (non-hydrogen) atoms. The van der Waals surface area contributed by atoms with Crippen LogP contribution in [0.2, 0.25) is 0 Å². The van der Waals surface area contributed by atoms with Crippen LogP contribution < -0.4 is 9.47 Å². The number of carbonyl (C=O) groups excluding carboxylic acids is 2. The molecule has 0 N–H and O–H groups in total. The Hall–Kier alpha value is -3.80. The number of fused-ring (bicyclic) bond motifs is 1. The van der Waals surface area contributed by atoms with Gasteiger partial charge in [-0.25, -0.2) is 4.79 Å². The Morgan fingerprint density at radius 3 is 2.35 bits per heavy atom. The molecule has 4 rings (SSSR count). The van der Waals surface area contributed by atoms with Crippen LogP contribution in [0, 0.1) is 0 Å². The van der Waals surface area contributed by atoms with Crippen LogP contribution in [-0.2, 0) is 11.3 Å². The Balaban J connectivity index is 1.72. The highest BCUT2D eigenvalue weighted by atomic mass is 16.7. The molecule has 0 fully saturated rings. The smallest absolute Gasteiger partial charge is 0.338 e. The maximum absolute atomic E-state index is 13.7. The number of benzene rings is 3. The number of ether oxygens (including phenoxy) is 3. The normalized spacial score (nSPS) is 12.8. The lowest BCUT2D eigenvalue weighted by Gasteiger charge is -2.30. The van der Waals surface area contributed by atoms with Crippen molar-refractivity contribution < 1.29 is 23.8 Å². The molecule has 0 spiro atoms. The quantitative estimate of drug-likeness (QED) is 0.548. The van der Waals surface area contributed by atoms with Crippen molar-refractivity contribution >= 4 is 11.9 Å². The highest BCUT2D eigenvalue weighted by molar-refractivity contribution is 6.05. The van der Waals surface area contributed by atoms with Crippen molar-refractivity contribution in [1.29, 1.82) is 0 Å². The summed E-state index contributed by atoms with van der Waals surface area (Å²) >= 11 is 0. The van der Waals surface area contributed by atoms with E-state index in [9.17, 15) is 9.59 Å². The molecule has 1 amide bonds. The number of carbonyl (C=O) groups is 2. The molecule has 1 aliphatic rings. The molecule has 0 unspecified atom stereocenters. The number of amides is 1. The van der Waals surface area contributed by atoms with Crippen LogP contribution in [0.15, 0.2) is 72.8 Å². The summed E-state index contributed by atoms with van der Waals surface area (Å²) in [6, 6.07) is 21.9. The molecule has 0 saturated carbocycles. The zero-order chi connectivity index (χ0) is 21.8. The summed E-state index contributed by atoms with van der Waals surface area (Å²) < 4.78 is 15.8. The van der Waals surface area contributed by atoms with E-state index < -0.39 is 5.97 Å². The third kappa shape index (κ3) is 4.23. The predicted molar refractivity (Wildman–Crippen MR) is 115 cm³/mol. The van der Waals surface area contributed by atoms with Crippen molar-refractivity contribution in [2.24, 2.45) is 0 Å². The van der Waals surface area contributed by atoms with Gasteiger partial charge in [-0.05, 0) is 42.3 Å². The van der Waals surface area contributed by atoms with Crippen molar-refractivity contribution in [3.05, 3.63) is 95.1 Å². The van der Waals surface area contributed by atoms with Crippen LogP contribution in [0.4, 0.5) is 0 Å². The fraction of sp³-hybridized carbons (Fsp3) is 0.200. The minimum absolute atomic E-state index is 0.189. The van der Waals surface area contributed by atoms with Gasteiger partial charge in [0.2, 0.25) is 6.79 Å². The largest absolute Gasteiger partial charge is 0.465 e. The third-order valence-corrected chi connectivity index (χ3v) is 5.36. The van der Waals surface area contributed by atoms with Gasteiger partial charge in [-0.1, -0.05) is 48.5 Å². The Labute approximate surface area is 181 Å². The summed E-state index contributed by atoms with van der Waals surface area (Å²) in [5, 5.41) is 0. The molecule has 0 saturated heterocycles. The van der Waals surface area contributed by atoms with E-state index in [1.54, 1.807) is 29.2 Å². The standard InChI is InChI=1S/C25H23NO5/c1-17(19-8-4-3-5-9-19)26(15-18-12-13-22-23(14-18)31-16-30-22)24(27)20-10-6-7-11-21(20)25(28)29-2/h3-14,17H,15-16H2,1-2H3/t17-/m0/s1. The Bertz CT molecular complexity index is 1100. The summed E-state index contributed by atoms with van der Waals surface area (Å²) in [5.74, 6) is 0.551. The fourth-order valence-electron chi connectivity index (χ4n) is 3.64. The van der Waals surface area contributed by atoms with Crippen LogP contribution in [0.1, 0.15) is 44.8 Å². The zero-order valence-electron chi connectivity index (χ0n) is 17.4. The second kappa shape index (κ2) is 8.92. The van der Waals surface area contributed by atoms with Gasteiger partial charge < -0.3 is 19.1 Å². The first-order valence-corrected chi connectivity index (χ1v) is 10.00. The number of rotatable bonds is 6. The van der Waals surface area contributed by atoms with Gasteiger partial charge in [0.25, 0.3) is 5.91 Å². The van der Waals surface area contributed by atoms with Gasteiger partial charge in [0.1, 0.15) is 0 Å². The second-order valence-corrected chi connectivity index (χ2v) is 7.24. The van der Waals surface area contributed by atoms with Crippen molar-refractivity contribution in [3.8, 4) is 11.5 Å². The Morgan fingerprint density at radius 2 is 1.61 bits per heavy atom. The maximum atomic E-state index is 13.7. The lowest BCUT2D eigenvalue weighted by atomic mass is 10.0. The number of hydrogen-bond donors (Lipinski definition) is 0. The molecule has 0 radical (unpaired) electrons. The van der Waals surface area contributed by atoms with Gasteiger partial charge in [0, 0.05) is 6.54 Å². The molecule has 3 aromatic carbocycles. The van der Waals surface area contributed by atoms with E-state index >= 15 is 0 Å². The van der Waals surface area contributed by atoms with Gasteiger partial charge >= 0.3 is 5.97 Å². The molecule has 158 valence electrons. The molecular formula is C25H23NO5. The molecule has 0 aliphatic carbocycles. The van der Waals surface area contributed by atoms with Crippen LogP contribution in [0.25, 0.3) is 0 Å². The van der Waals surface area contributed by atoms with E-state index in [4.69, 9.17) is 14.2 Å². The summed E-state index contributed by atoms with van der Waals surface area (Å²) in [6.07, 6.45) is 0. The van der Waals surface area contributed by atoms with E-state index in [0.717, 1.165) is 11.1 Å². The van der Waals surface area contributed by atoms with Crippen LogP contribution in [-0.4, -0.2) is 30.7 Å². The molecule has 1 atom stereocenters. The highest BCUT2D eigenvalue weighted by Gasteiger charge is 2.27. The monoisotopic (exact) mass is 417 g/mol. The van der Waals surface area contributed by atoms with Crippen LogP contribution >= 0.6 is 0 Å². The Morgan fingerprint density at radius 1 is 0.935 bits per heavy atom. The molecular weight excluding hydrogens is 394 g/mol. The molecule has 1 aliphatic heterocycles. The number of methoxy groups -OCH3 is 1. The van der Waals surface area contributed by atoms with Gasteiger partial charge in [0.15, 0.2) is 11.5 Å². The highest BCUT2D eigenvalue weighted by Crippen LogP contribution is 2.34. The van der Waals surface area contributed by atoms with E-state index in [1.807, 2.05) is 55.5 Å². The molecule has 3 aromatic rings. The minimum Gasteiger partial charge on any atom is -0.465 e. The van der Waals surface area contributed by atoms with Crippen molar-refractivity contribution in [2.75, 3.05) is 13.9 Å². The molecule has 6 nitrogen and oxygen atoms in total. The van der Waals surface area contributed by atoms with Gasteiger partial charge in [-0.2, -0.15) is 0 Å². The van der Waals surface area contributed by atoms with E-state index in [0.29, 0.717) is 23.6 Å². The summed E-state index contributed by atoms with van der Waals surface area (Å²) in [6.45, 7) is 2.50. The Kier molecular flexibility index (Phi) is 5.89. The molecule has 1 heterocycles. The van der Waals surface area contributed by atoms with Crippen LogP contribution in [0.5, 0.6) is 11.5 Å². The van der Waals surface area contributed by atoms with Crippen molar-refractivity contribution in [2.45, 2.75) is 19.5 Å². The third-order valence-electron chi connectivity index (χ3n) is 5.36. The molecule has 6 heteroatoms. The molecule has 0 bridgehead atoms. The first-order valence-electron chi connectivity index (χ1n) is 10.00. The van der Waals surface area contributed by atoms with Crippen molar-refractivity contribution in [3.63, 3.8) is 0 Å². The average molecular weight is 417 g/mol. The topological polar surface area (TPSA) is 65.1 Å². The second-order valence-electron chi connectivity index (χ2n) is 7.24. The van der Waals surface area contributed by atoms with Crippen LogP contribution in [0.3, 0.4) is 0 Å². The molecule has 0 aromatic heterocycles. The van der Waals surface area contributed by atoms with Crippen molar-refractivity contribution in [1.82, 2.24) is 4.90 Å². The first kappa shape index (κ1) is 20.5. The predicted octanol–water partition coefficient (Wildman–Crippen LogP) is 4.61. The zero-order valence-corrected chi connectivity index (χ0v) is 17.4. The summed E-state index contributed by atoms with van der Waals surface area (Å²) in [7, 11) is 1.31.